The molecule has 0 spiro atoms. The van der Waals surface area contributed by atoms with E-state index in [9.17, 15) is 168 Å². The van der Waals surface area contributed by atoms with Gasteiger partial charge in [-0.3, -0.25) is 14.4 Å². The number of aliphatic hydroxyl groups is 30. The summed E-state index contributed by atoms with van der Waals surface area (Å²) in [4.78, 5) is 39.0. The van der Waals surface area contributed by atoms with Crippen LogP contribution in [0.3, 0.4) is 0 Å². The van der Waals surface area contributed by atoms with Gasteiger partial charge in [0.1, 0.15) is 244 Å². The van der Waals surface area contributed by atoms with Gasteiger partial charge in [0.2, 0.25) is 17.7 Å². The molecule has 0 bridgehead atoms. The molecule has 9 rings (SSSR count). The van der Waals surface area contributed by atoms with E-state index in [1.54, 1.807) is 0 Å². The second-order valence-corrected chi connectivity index (χ2v) is 30.0. The molecule has 9 heterocycles. The van der Waals surface area contributed by atoms with Crippen LogP contribution in [0.5, 0.6) is 0 Å². The molecule has 9 fully saturated rings. The Hall–Kier alpha value is -3.51. The third kappa shape index (κ3) is 22.2. The second kappa shape index (κ2) is 44.5. The van der Waals surface area contributed by atoms with Gasteiger partial charge in [-0.25, -0.2) is 0 Å². The van der Waals surface area contributed by atoms with Crippen LogP contribution in [0.25, 0.3) is 0 Å². The molecule has 0 aromatic carbocycles. The number of hydrogen-bond donors (Lipinski definition) is 33. The van der Waals surface area contributed by atoms with Gasteiger partial charge >= 0.3 is 0 Å². The van der Waals surface area contributed by atoms with Crippen LogP contribution in [0.2, 0.25) is 0 Å². The average Bonchev–Trinajstić information content (AvgIpc) is 0.825. The maximum absolute atomic E-state index is 13.2. The topological polar surface area (TPSA) is 860 Å². The summed E-state index contributed by atoms with van der Waals surface area (Å²) in [6.07, 6.45) is -96.3. The molecule has 120 heavy (non-hydrogen) atoms. The minimum absolute atomic E-state index is 0.885. The second-order valence-electron chi connectivity index (χ2n) is 30.0. The van der Waals surface area contributed by atoms with Gasteiger partial charge in [-0.05, 0) is 0 Å². The maximum Gasteiger partial charge on any atom is 0.217 e. The number of ether oxygens (including phenoxy) is 18. The largest absolute Gasteiger partial charge is 0.394 e. The van der Waals surface area contributed by atoms with Gasteiger partial charge in [0.25, 0.3) is 0 Å². The van der Waals surface area contributed by atoms with E-state index in [-0.39, 0.29) is 0 Å². The summed E-state index contributed by atoms with van der Waals surface area (Å²) in [6, 6.07) is -5.91. The van der Waals surface area contributed by atoms with Crippen molar-refractivity contribution in [3.8, 4) is 0 Å². The Balaban J connectivity index is 0.937. The molecule has 698 valence electrons. The van der Waals surface area contributed by atoms with Gasteiger partial charge in [-0.1, -0.05) is 0 Å². The number of carbonyl (C=O) groups excluding carboxylic acids is 3. The van der Waals surface area contributed by atoms with Crippen molar-refractivity contribution in [1.29, 1.82) is 0 Å². The summed E-state index contributed by atoms with van der Waals surface area (Å²) >= 11 is 0. The van der Waals surface area contributed by atoms with Gasteiger partial charge < -0.3 is 254 Å². The van der Waals surface area contributed by atoms with Crippen molar-refractivity contribution in [1.82, 2.24) is 16.0 Å². The monoisotopic (exact) mass is 1760 g/mol. The molecule has 0 unspecified atom stereocenters. The summed E-state index contributed by atoms with van der Waals surface area (Å²) in [7, 11) is 0. The normalized spacial score (nSPS) is 47.6. The predicted molar refractivity (Wildman–Crippen MR) is 367 cm³/mol. The van der Waals surface area contributed by atoms with Crippen LogP contribution in [0, 0.1) is 0 Å². The quantitative estimate of drug-likeness (QED) is 0.0280. The predicted octanol–water partition coefficient (Wildman–Crippen LogP) is -22.7. The van der Waals surface area contributed by atoms with Gasteiger partial charge in [0.05, 0.1) is 72.7 Å². The van der Waals surface area contributed by atoms with E-state index in [1.807, 2.05) is 0 Å². The highest BCUT2D eigenvalue weighted by atomic mass is 16.8. The summed E-state index contributed by atoms with van der Waals surface area (Å²) in [6.45, 7) is -9.62. The van der Waals surface area contributed by atoms with Gasteiger partial charge in [0, 0.05) is 20.8 Å². The van der Waals surface area contributed by atoms with Gasteiger partial charge in [-0.15, -0.1) is 0 Å². The molecule has 0 radical (unpaired) electrons. The number of aliphatic hydroxyl groups excluding tert-OH is 30. The van der Waals surface area contributed by atoms with E-state index in [1.165, 1.54) is 0 Å². The molecule has 9 aliphatic rings. The number of rotatable bonds is 35. The summed E-state index contributed by atoms with van der Waals surface area (Å²) < 4.78 is 105. The van der Waals surface area contributed by atoms with E-state index < -0.39 is 391 Å². The smallest absolute Gasteiger partial charge is 0.217 e. The Bertz CT molecular complexity index is 3120. The van der Waals surface area contributed by atoms with Gasteiger partial charge in [0.15, 0.2) is 56.6 Å². The lowest BCUT2D eigenvalue weighted by Crippen LogP contribution is -2.71. The zero-order chi connectivity index (χ0) is 88.6. The summed E-state index contributed by atoms with van der Waals surface area (Å²) in [5.41, 5.74) is 0. The van der Waals surface area contributed by atoms with Crippen molar-refractivity contribution in [2.24, 2.45) is 0 Å². The third-order valence-electron chi connectivity index (χ3n) is 21.7. The van der Waals surface area contributed by atoms with Crippen molar-refractivity contribution in [2.75, 3.05) is 72.7 Å². The number of carbonyl (C=O) groups is 3. The van der Waals surface area contributed by atoms with Crippen molar-refractivity contribution in [3.05, 3.63) is 0 Å². The number of hydrogen-bond acceptors (Lipinski definition) is 51. The molecular formula is C66H113N3O51. The van der Waals surface area contributed by atoms with E-state index >= 15 is 0 Å². The Morgan fingerprint density at radius 1 is 0.267 bits per heavy atom. The maximum atomic E-state index is 13.2. The first-order valence-corrected chi connectivity index (χ1v) is 38.1. The molecule has 0 aliphatic carbocycles. The van der Waals surface area contributed by atoms with Gasteiger partial charge in [-0.2, -0.15) is 0 Å². The van der Waals surface area contributed by atoms with Crippen LogP contribution in [0.15, 0.2) is 0 Å². The lowest BCUT2D eigenvalue weighted by atomic mass is 9.93. The molecule has 54 heteroatoms. The summed E-state index contributed by atoms with van der Waals surface area (Å²) in [5, 5.41) is 336. The van der Waals surface area contributed by atoms with Crippen LogP contribution in [-0.4, -0.2) is 544 Å². The van der Waals surface area contributed by atoms with E-state index in [4.69, 9.17) is 85.3 Å². The zero-order valence-electron chi connectivity index (χ0n) is 64.1. The molecule has 9 aliphatic heterocycles. The van der Waals surface area contributed by atoms with Crippen LogP contribution in [0.1, 0.15) is 20.8 Å². The Morgan fingerprint density at radius 3 is 0.808 bits per heavy atom. The van der Waals surface area contributed by atoms with E-state index in [2.05, 4.69) is 16.0 Å². The fraction of sp³-hybridized carbons (Fsp3) is 0.955. The number of nitrogens with one attached hydrogen (secondary N) is 3. The Kier molecular flexibility index (Phi) is 37.2. The molecule has 54 nitrogen and oxygen atoms in total. The molecular weight excluding hydrogens is 1650 g/mol. The minimum atomic E-state index is -2.52. The van der Waals surface area contributed by atoms with E-state index in [0.29, 0.717) is 0 Å². The van der Waals surface area contributed by atoms with E-state index in [0.717, 1.165) is 20.8 Å². The molecule has 0 aromatic heterocycles. The van der Waals surface area contributed by atoms with Crippen LogP contribution >= 0.6 is 0 Å². The van der Waals surface area contributed by atoms with Crippen molar-refractivity contribution < 1.29 is 253 Å². The van der Waals surface area contributed by atoms with Crippen molar-refractivity contribution >= 4 is 17.7 Å². The highest BCUT2D eigenvalue weighted by Crippen LogP contribution is 2.40. The molecule has 0 saturated carbocycles. The van der Waals surface area contributed by atoms with Crippen molar-refractivity contribution in [2.45, 2.75) is 321 Å². The molecule has 33 N–H and O–H groups in total. The molecule has 49 atom stereocenters. The first-order valence-electron chi connectivity index (χ1n) is 38.1. The fourth-order valence-corrected chi connectivity index (χ4v) is 15.2. The third-order valence-corrected chi connectivity index (χ3v) is 21.7. The lowest BCUT2D eigenvalue weighted by molar-refractivity contribution is -0.389. The highest BCUT2D eigenvalue weighted by Gasteiger charge is 2.61. The summed E-state index contributed by atoms with van der Waals surface area (Å²) in [5.74, 6) is -2.93. The molecule has 0 aromatic rings. The minimum Gasteiger partial charge on any atom is -0.394 e. The van der Waals surface area contributed by atoms with Crippen LogP contribution in [0.4, 0.5) is 0 Å². The molecule has 9 saturated heterocycles. The van der Waals surface area contributed by atoms with Crippen LogP contribution in [-0.2, 0) is 99.6 Å². The molecule has 3 amide bonds. The average molecular weight is 1760 g/mol. The first-order chi connectivity index (χ1) is 56.8. The lowest BCUT2D eigenvalue weighted by Gasteiger charge is -2.51. The Labute approximate surface area is 678 Å². The first kappa shape index (κ1) is 100. The number of amides is 3. The highest BCUT2D eigenvalue weighted by molar-refractivity contribution is 5.74. The Morgan fingerprint density at radius 2 is 0.508 bits per heavy atom. The van der Waals surface area contributed by atoms with Crippen molar-refractivity contribution in [3.63, 3.8) is 0 Å². The zero-order valence-corrected chi connectivity index (χ0v) is 64.1. The van der Waals surface area contributed by atoms with Crippen LogP contribution < -0.4 is 16.0 Å². The fourth-order valence-electron chi connectivity index (χ4n) is 15.2. The standard InChI is InChI=1S/C66H113N3O51/c1-15(80)67-29-39(92)51(114-64-47(100)55(36(89)23(9-75)107-64)119-61-44(97)42(95)33(86)20(6-72)104-61)25(11-77)109-58(29)103-14-28-38(91)57(49(102)66(112-28)113-50(19(84)5-71)32(85)18(83)4-70)118-60-31(69-17(3)82)41(94)52(27(13-79)111-60)115-63-46(99)54(35(88)22(8-74)106-63)117-59-30(68-16(2)81)40(93)53(26(12-78)110-59)116-65-48(101)56(37(90)24(10-76)108-65)120-62-45(98)43(96)34(87)21(7-73)105-62/h18-66,70-79,83-102H,4-14H2,1-3H3,(H,67,80)(H,68,81)(H,69,82)/t18-,19+,20+,21+,22+,23+,24+,25+,26+,27+,28+,29+,30+,31+,32+,33-,34-,35-,36-,37-,38-,39+,40+,41+,42-,43-,44+,45+,46+,47+,48+,49+,50+,51+,52+,53+,54-,55-,56-,57-,58+,59-,60-,61+,62+,63-,64-,65-,66-/m0/s1. The SMILES string of the molecule is CC(=O)N[C@H]1[C@H](OC[C@H]2O[C@@H](O[C@@H]([C@H](O)[C@@H](O)CO)[C@H](O)CO)[C@H](O)[C@@H](O[C@@H]3O[C@H](CO)[C@@H](O[C@@H]4O[C@H](CO)[C@H](O)[C@H](O[C@@H]5O[C@H](CO)[C@@H](O[C@@H]6O[C@H](CO)[C@H](O)[C@H](O[C@H]7O[C@H](CO)[C@H](O)[C@H](O)[C@H]7O)[C@H]6O)[C@H](O)[C@H]5NC(C)=O)[C@H]4O)[C@H](O)[C@H]3NC(C)=O)[C@H]2O)O[C@H](CO)[C@@H](O[C@@H]2O[C@H](CO)[C@H](O)[C@H](O[C@H]3O[C@H](CO)[C@H](O)[C@H](O)[C@H]3O)[C@H]2O)[C@@H]1O.